The summed E-state index contributed by atoms with van der Waals surface area (Å²) in [5.41, 5.74) is 1.33. The van der Waals surface area contributed by atoms with Gasteiger partial charge in [-0.2, -0.15) is 4.99 Å². The molecule has 1 aromatic rings. The molecule has 1 atom stereocenters. The van der Waals surface area contributed by atoms with E-state index in [2.05, 4.69) is 15.3 Å². The van der Waals surface area contributed by atoms with Crippen molar-refractivity contribution in [2.75, 3.05) is 6.54 Å². The van der Waals surface area contributed by atoms with Crippen molar-refractivity contribution in [1.82, 2.24) is 15.2 Å². The van der Waals surface area contributed by atoms with Crippen molar-refractivity contribution in [1.29, 1.82) is 0 Å². The molecule has 2 aliphatic rings. The summed E-state index contributed by atoms with van der Waals surface area (Å²) in [6.45, 7) is 0.748. The summed E-state index contributed by atoms with van der Waals surface area (Å²) < 4.78 is 0. The second-order valence-corrected chi connectivity index (χ2v) is 6.44. The van der Waals surface area contributed by atoms with E-state index in [0.717, 1.165) is 12.1 Å². The molecule has 1 unspecified atom stereocenters. The second-order valence-electron chi connectivity index (χ2n) is 6.44. The Balaban J connectivity index is 1.35. The van der Waals surface area contributed by atoms with Gasteiger partial charge in [0.15, 0.2) is 0 Å². The molecule has 0 aromatic carbocycles. The monoisotopic (exact) mass is 366 g/mol. The van der Waals surface area contributed by atoms with E-state index in [0.29, 0.717) is 38.1 Å². The molecule has 0 fully saturated rings. The van der Waals surface area contributed by atoms with Crippen molar-refractivity contribution in [3.8, 4) is 0 Å². The number of imide groups is 1. The minimum absolute atomic E-state index is 0.0286. The van der Waals surface area contributed by atoms with Crippen molar-refractivity contribution >= 4 is 23.6 Å². The fourth-order valence-electron chi connectivity index (χ4n) is 3.00. The van der Waals surface area contributed by atoms with E-state index in [1.165, 1.54) is 4.90 Å². The third kappa shape index (κ3) is 4.97. The summed E-state index contributed by atoms with van der Waals surface area (Å²) in [4.78, 5) is 45.7. The molecule has 0 spiro atoms. The highest BCUT2D eigenvalue weighted by molar-refractivity contribution is 6.21. The fourth-order valence-corrected chi connectivity index (χ4v) is 3.00. The zero-order valence-corrected chi connectivity index (χ0v) is 15.0. The van der Waals surface area contributed by atoms with Crippen LogP contribution in [0.4, 0.5) is 4.79 Å². The quantitative estimate of drug-likeness (QED) is 0.715. The van der Waals surface area contributed by atoms with Gasteiger partial charge in [-0.05, 0) is 31.1 Å². The first-order valence-corrected chi connectivity index (χ1v) is 9.10. The second kappa shape index (κ2) is 9.02. The molecule has 1 N–H and O–H groups in total. The number of hydrogen-bond donors (Lipinski definition) is 1. The minimum atomic E-state index is -0.501. The van der Waals surface area contributed by atoms with Crippen LogP contribution in [-0.4, -0.2) is 40.0 Å². The van der Waals surface area contributed by atoms with Crippen LogP contribution in [0.3, 0.4) is 0 Å². The molecule has 4 amide bonds. The van der Waals surface area contributed by atoms with E-state index < -0.39 is 11.9 Å². The lowest BCUT2D eigenvalue weighted by atomic mass is 9.95. The van der Waals surface area contributed by atoms with Gasteiger partial charge in [0.2, 0.25) is 11.8 Å². The van der Waals surface area contributed by atoms with Gasteiger partial charge < -0.3 is 5.32 Å². The van der Waals surface area contributed by atoms with Crippen LogP contribution >= 0.6 is 0 Å². The highest BCUT2D eigenvalue weighted by Gasteiger charge is 2.35. The maximum absolute atomic E-state index is 12.4. The molecular formula is C20H22N4O3. The topological polar surface area (TPSA) is 91.7 Å². The summed E-state index contributed by atoms with van der Waals surface area (Å²) in [7, 11) is 0. The average molecular weight is 366 g/mol. The van der Waals surface area contributed by atoms with E-state index in [1.807, 2.05) is 18.2 Å². The van der Waals surface area contributed by atoms with Crippen molar-refractivity contribution in [2.24, 2.45) is 10.9 Å². The Morgan fingerprint density at radius 1 is 1.15 bits per heavy atom. The SMILES string of the molecule is O=C(CCCCCN1C(=O)N=C2C=CC=CC2C1=O)NCc1ccccn1. The molecule has 2 heterocycles. The van der Waals surface area contributed by atoms with Crippen LogP contribution < -0.4 is 5.32 Å². The van der Waals surface area contributed by atoms with Crippen molar-refractivity contribution in [2.45, 2.75) is 32.2 Å². The van der Waals surface area contributed by atoms with Gasteiger partial charge in [0.05, 0.1) is 23.9 Å². The molecule has 1 aromatic heterocycles. The lowest BCUT2D eigenvalue weighted by Gasteiger charge is -2.28. The van der Waals surface area contributed by atoms with Gasteiger partial charge >= 0.3 is 6.03 Å². The Bertz CT molecular complexity index is 799. The van der Waals surface area contributed by atoms with Gasteiger partial charge in [-0.15, -0.1) is 0 Å². The van der Waals surface area contributed by atoms with Crippen molar-refractivity contribution < 1.29 is 14.4 Å². The van der Waals surface area contributed by atoms with Crippen molar-refractivity contribution in [3.63, 3.8) is 0 Å². The molecule has 7 heteroatoms. The number of hydrogen-bond acceptors (Lipinski definition) is 4. The highest BCUT2D eigenvalue weighted by atomic mass is 16.2. The van der Waals surface area contributed by atoms with Gasteiger partial charge in [-0.25, -0.2) is 4.79 Å². The molecule has 0 saturated carbocycles. The van der Waals surface area contributed by atoms with Crippen LogP contribution in [0.25, 0.3) is 0 Å². The Hall–Kier alpha value is -3.09. The number of urea groups is 1. The Kier molecular flexibility index (Phi) is 6.25. The molecule has 0 saturated heterocycles. The number of allylic oxidation sites excluding steroid dienone is 3. The number of aromatic nitrogens is 1. The number of carbonyl (C=O) groups excluding carboxylic acids is 3. The van der Waals surface area contributed by atoms with E-state index in [-0.39, 0.29) is 11.8 Å². The molecule has 27 heavy (non-hydrogen) atoms. The maximum atomic E-state index is 12.4. The third-order valence-electron chi connectivity index (χ3n) is 4.47. The van der Waals surface area contributed by atoms with Gasteiger partial charge in [0.1, 0.15) is 0 Å². The molecule has 1 aliphatic carbocycles. The highest BCUT2D eigenvalue weighted by Crippen LogP contribution is 2.20. The Labute approximate surface area is 157 Å². The zero-order valence-electron chi connectivity index (χ0n) is 15.0. The number of nitrogens with zero attached hydrogens (tertiary/aromatic N) is 3. The van der Waals surface area contributed by atoms with E-state index in [9.17, 15) is 14.4 Å². The van der Waals surface area contributed by atoms with Crippen molar-refractivity contribution in [3.05, 3.63) is 54.4 Å². The molecular weight excluding hydrogens is 344 g/mol. The fraction of sp³-hybridized carbons (Fsp3) is 0.350. The third-order valence-corrected chi connectivity index (χ3v) is 4.47. The molecule has 140 valence electrons. The number of aliphatic imine (C=N–C) groups is 1. The maximum Gasteiger partial charge on any atom is 0.350 e. The largest absolute Gasteiger partial charge is 0.350 e. The lowest BCUT2D eigenvalue weighted by molar-refractivity contribution is -0.129. The van der Waals surface area contributed by atoms with Crippen LogP contribution in [-0.2, 0) is 16.1 Å². The summed E-state index contributed by atoms with van der Waals surface area (Å²) in [6.07, 6.45) is 11.2. The molecule has 7 nitrogen and oxygen atoms in total. The first-order valence-electron chi connectivity index (χ1n) is 9.10. The first kappa shape index (κ1) is 18.7. The molecule has 0 bridgehead atoms. The summed E-state index contributed by atoms with van der Waals surface area (Å²) >= 11 is 0. The molecule has 1 aliphatic heterocycles. The van der Waals surface area contributed by atoms with E-state index >= 15 is 0 Å². The van der Waals surface area contributed by atoms with E-state index in [4.69, 9.17) is 0 Å². The zero-order chi connectivity index (χ0) is 19.1. The minimum Gasteiger partial charge on any atom is -0.350 e. The summed E-state index contributed by atoms with van der Waals surface area (Å²) in [5.74, 6) is -0.706. The number of fused-ring (bicyclic) bond motifs is 1. The van der Waals surface area contributed by atoms with Crippen LogP contribution in [0, 0.1) is 5.92 Å². The number of pyridine rings is 1. The number of nitrogens with one attached hydrogen (secondary N) is 1. The van der Waals surface area contributed by atoms with Gasteiger partial charge in [-0.3, -0.25) is 19.5 Å². The smallest absolute Gasteiger partial charge is 0.350 e. The van der Waals surface area contributed by atoms with Crippen LogP contribution in [0.15, 0.2) is 53.7 Å². The van der Waals surface area contributed by atoms with Gasteiger partial charge in [0.25, 0.3) is 0 Å². The van der Waals surface area contributed by atoms with Crippen LogP contribution in [0.2, 0.25) is 0 Å². The first-order chi connectivity index (χ1) is 13.1. The predicted molar refractivity (Wildman–Crippen MR) is 101 cm³/mol. The Morgan fingerprint density at radius 2 is 2.04 bits per heavy atom. The van der Waals surface area contributed by atoms with Crippen LogP contribution in [0.5, 0.6) is 0 Å². The average Bonchev–Trinajstić information content (AvgIpc) is 2.69. The number of amides is 4. The summed E-state index contributed by atoms with van der Waals surface area (Å²) in [5, 5.41) is 2.83. The lowest BCUT2D eigenvalue weighted by Crippen LogP contribution is -2.46. The number of carbonyl (C=O) groups is 3. The predicted octanol–water partition coefficient (Wildman–Crippen LogP) is 2.40. The molecule has 3 rings (SSSR count). The standard InChI is InChI=1S/C20H22N4O3/c25-18(22-14-15-8-5-6-12-21-15)11-2-1-7-13-24-19(26)16-9-3-4-10-17(16)23-20(24)27/h3-6,8-10,12,16H,1-2,7,11,13-14H2,(H,22,25). The summed E-state index contributed by atoms with van der Waals surface area (Å²) in [6, 6.07) is 5.07. The normalized spacial score (nSPS) is 18.3. The number of unbranched alkanes of at least 4 members (excludes halogenated alkanes) is 2. The number of rotatable bonds is 8. The van der Waals surface area contributed by atoms with E-state index in [1.54, 1.807) is 30.5 Å². The van der Waals surface area contributed by atoms with Gasteiger partial charge in [-0.1, -0.05) is 30.7 Å². The van der Waals surface area contributed by atoms with Crippen LogP contribution in [0.1, 0.15) is 31.4 Å². The molecule has 0 radical (unpaired) electrons. The Morgan fingerprint density at radius 3 is 2.85 bits per heavy atom. The van der Waals surface area contributed by atoms with Gasteiger partial charge in [0, 0.05) is 19.2 Å².